The first-order valence-corrected chi connectivity index (χ1v) is 11.0. The first-order valence-electron chi connectivity index (χ1n) is 10.6. The van der Waals surface area contributed by atoms with Crippen LogP contribution >= 0.6 is 11.6 Å². The topological polar surface area (TPSA) is 68.6 Å². The van der Waals surface area contributed by atoms with E-state index >= 15 is 0 Å². The van der Waals surface area contributed by atoms with Gasteiger partial charge < -0.3 is 14.8 Å². The van der Waals surface area contributed by atoms with Gasteiger partial charge in [-0.1, -0.05) is 29.3 Å². The first-order chi connectivity index (χ1) is 15.5. The highest BCUT2D eigenvalue weighted by Gasteiger charge is 2.17. The van der Waals surface area contributed by atoms with Gasteiger partial charge in [0.2, 0.25) is 0 Å². The van der Waals surface area contributed by atoms with Crippen LogP contribution in [0, 0.1) is 6.92 Å². The van der Waals surface area contributed by atoms with Gasteiger partial charge in [0.1, 0.15) is 12.4 Å². The highest BCUT2D eigenvalue weighted by Crippen LogP contribution is 2.36. The molecular weight excluding hydrogens is 428 g/mol. The number of hydrogen-bond acceptors (Lipinski definition) is 5. The molecule has 32 heavy (non-hydrogen) atoms. The van der Waals surface area contributed by atoms with Crippen LogP contribution in [0.25, 0.3) is 11.3 Å². The van der Waals surface area contributed by atoms with Crippen molar-refractivity contribution in [2.75, 3.05) is 44.8 Å². The molecule has 8 heteroatoms. The van der Waals surface area contributed by atoms with Crippen molar-refractivity contribution in [1.29, 1.82) is 0 Å². The highest BCUT2D eigenvalue weighted by atomic mass is 35.5. The lowest BCUT2D eigenvalue weighted by Crippen LogP contribution is -2.38. The molecule has 1 aliphatic heterocycles. The lowest BCUT2D eigenvalue weighted by atomic mass is 10.1. The number of rotatable bonds is 7. The van der Waals surface area contributed by atoms with Crippen LogP contribution in [0.1, 0.15) is 15.9 Å². The van der Waals surface area contributed by atoms with E-state index in [9.17, 15) is 4.79 Å². The van der Waals surface area contributed by atoms with E-state index < -0.39 is 0 Å². The summed E-state index contributed by atoms with van der Waals surface area (Å²) in [6.45, 7) is 6.67. The third-order valence-electron chi connectivity index (χ3n) is 5.47. The van der Waals surface area contributed by atoms with E-state index in [1.165, 1.54) is 0 Å². The normalized spacial score (nSPS) is 14.3. The summed E-state index contributed by atoms with van der Waals surface area (Å²) >= 11 is 6.43. The quantitative estimate of drug-likeness (QED) is 0.584. The van der Waals surface area contributed by atoms with E-state index in [0.717, 1.165) is 49.7 Å². The fraction of sp³-hybridized carbons (Fsp3) is 0.333. The third-order valence-corrected chi connectivity index (χ3v) is 5.75. The molecule has 1 fully saturated rings. The minimum atomic E-state index is -0.173. The van der Waals surface area contributed by atoms with Crippen molar-refractivity contribution in [3.05, 3.63) is 64.8 Å². The number of hydrogen-bond donors (Lipinski definition) is 1. The Balaban J connectivity index is 1.54. The lowest BCUT2D eigenvalue weighted by molar-refractivity contribution is 0.0323. The Morgan fingerprint density at radius 1 is 1.19 bits per heavy atom. The molecule has 0 unspecified atom stereocenters. The van der Waals surface area contributed by atoms with Crippen LogP contribution in [-0.2, 0) is 11.8 Å². The molecule has 0 radical (unpaired) electrons. The highest BCUT2D eigenvalue weighted by molar-refractivity contribution is 6.33. The molecule has 1 N–H and O–H groups in total. The number of carbonyl (C=O) groups excluding carboxylic acids is 1. The number of halogens is 1. The molecule has 1 aromatic heterocycles. The maximum atomic E-state index is 12.7. The molecule has 1 aliphatic rings. The fourth-order valence-electron chi connectivity index (χ4n) is 3.65. The smallest absolute Gasteiger partial charge is 0.255 e. The van der Waals surface area contributed by atoms with Crippen LogP contribution in [-0.4, -0.2) is 60.0 Å². The minimum absolute atomic E-state index is 0.173. The molecule has 0 spiro atoms. The molecule has 0 atom stereocenters. The molecule has 0 saturated carbocycles. The van der Waals surface area contributed by atoms with Gasteiger partial charge in [0.25, 0.3) is 5.91 Å². The summed E-state index contributed by atoms with van der Waals surface area (Å²) in [4.78, 5) is 15.0. The number of carbonyl (C=O) groups is 1. The van der Waals surface area contributed by atoms with Crippen molar-refractivity contribution >= 4 is 23.2 Å². The monoisotopic (exact) mass is 454 g/mol. The minimum Gasteiger partial charge on any atom is -0.492 e. The van der Waals surface area contributed by atoms with E-state index in [2.05, 4.69) is 15.3 Å². The summed E-state index contributed by atoms with van der Waals surface area (Å²) in [5.41, 5.74) is 3.87. The molecule has 7 nitrogen and oxygen atoms in total. The average Bonchev–Trinajstić information content (AvgIpc) is 3.13. The van der Waals surface area contributed by atoms with E-state index in [0.29, 0.717) is 28.6 Å². The molecule has 2 aromatic carbocycles. The van der Waals surface area contributed by atoms with Crippen molar-refractivity contribution < 1.29 is 14.3 Å². The van der Waals surface area contributed by atoms with Crippen LogP contribution < -0.4 is 10.1 Å². The number of aryl methyl sites for hydroxylation is 2. The van der Waals surface area contributed by atoms with Crippen molar-refractivity contribution in [2.45, 2.75) is 6.92 Å². The van der Waals surface area contributed by atoms with Crippen molar-refractivity contribution in [1.82, 2.24) is 14.7 Å². The van der Waals surface area contributed by atoms with Crippen molar-refractivity contribution in [3.8, 4) is 17.0 Å². The maximum absolute atomic E-state index is 12.7. The summed E-state index contributed by atoms with van der Waals surface area (Å²) in [7, 11) is 1.83. The standard InChI is InChI=1S/C24H27ClN4O3/c1-17-3-5-18(6-4-17)24(30)27-19-7-8-22(32-14-11-29-9-12-31-13-10-29)20(15-19)23-21(25)16-26-28(23)2/h3-8,15-16H,9-14H2,1-2H3,(H,27,30). The Morgan fingerprint density at radius 3 is 2.62 bits per heavy atom. The van der Waals surface area contributed by atoms with Gasteiger partial charge in [0.05, 0.1) is 30.1 Å². The molecule has 4 rings (SSSR count). The SMILES string of the molecule is Cc1ccc(C(=O)Nc2ccc(OCCN3CCOCC3)c(-c3c(Cl)cnn3C)c2)cc1. The molecule has 168 valence electrons. The second-order valence-electron chi connectivity index (χ2n) is 7.80. The second-order valence-corrected chi connectivity index (χ2v) is 8.21. The van der Waals surface area contributed by atoms with E-state index in [-0.39, 0.29) is 5.91 Å². The Hall–Kier alpha value is -2.87. The summed E-state index contributed by atoms with van der Waals surface area (Å²) in [5, 5.41) is 7.74. The number of aromatic nitrogens is 2. The summed E-state index contributed by atoms with van der Waals surface area (Å²) < 4.78 is 13.2. The van der Waals surface area contributed by atoms with Crippen molar-refractivity contribution in [2.24, 2.45) is 7.05 Å². The molecule has 2 heterocycles. The zero-order chi connectivity index (χ0) is 22.5. The Labute approximate surface area is 192 Å². The first kappa shape index (κ1) is 22.3. The van der Waals surface area contributed by atoms with Crippen LogP contribution in [0.3, 0.4) is 0 Å². The molecule has 1 saturated heterocycles. The average molecular weight is 455 g/mol. The van der Waals surface area contributed by atoms with Crippen LogP contribution in [0.2, 0.25) is 5.02 Å². The van der Waals surface area contributed by atoms with Crippen LogP contribution in [0.4, 0.5) is 5.69 Å². The number of ether oxygens (including phenoxy) is 2. The van der Waals surface area contributed by atoms with E-state index in [1.54, 1.807) is 10.9 Å². The lowest BCUT2D eigenvalue weighted by Gasteiger charge is -2.26. The van der Waals surface area contributed by atoms with Gasteiger partial charge in [0, 0.05) is 43.5 Å². The number of nitrogens with one attached hydrogen (secondary N) is 1. The third kappa shape index (κ3) is 5.30. The summed E-state index contributed by atoms with van der Waals surface area (Å²) in [5.74, 6) is 0.519. The van der Waals surface area contributed by atoms with Gasteiger partial charge in [-0.25, -0.2) is 0 Å². The Bertz CT molecular complexity index is 1060. The predicted molar refractivity (Wildman–Crippen MR) is 126 cm³/mol. The van der Waals surface area contributed by atoms with Crippen LogP contribution in [0.15, 0.2) is 48.7 Å². The zero-order valence-electron chi connectivity index (χ0n) is 18.3. The van der Waals surface area contributed by atoms with Gasteiger partial charge in [-0.05, 0) is 37.3 Å². The van der Waals surface area contributed by atoms with Gasteiger partial charge in [-0.2, -0.15) is 5.10 Å². The number of amides is 1. The fourth-order valence-corrected chi connectivity index (χ4v) is 3.92. The van der Waals surface area contributed by atoms with Gasteiger partial charge >= 0.3 is 0 Å². The van der Waals surface area contributed by atoms with Gasteiger partial charge in [-0.15, -0.1) is 0 Å². The molecular formula is C24H27ClN4O3. The Morgan fingerprint density at radius 2 is 1.94 bits per heavy atom. The molecule has 3 aromatic rings. The zero-order valence-corrected chi connectivity index (χ0v) is 19.1. The van der Waals surface area contributed by atoms with Crippen molar-refractivity contribution in [3.63, 3.8) is 0 Å². The van der Waals surface area contributed by atoms with Gasteiger partial charge in [0.15, 0.2) is 0 Å². The maximum Gasteiger partial charge on any atom is 0.255 e. The van der Waals surface area contributed by atoms with E-state index in [1.807, 2.05) is 56.4 Å². The molecule has 0 bridgehead atoms. The predicted octanol–water partition coefficient (Wildman–Crippen LogP) is 4.01. The van der Waals surface area contributed by atoms with E-state index in [4.69, 9.17) is 21.1 Å². The molecule has 0 aliphatic carbocycles. The number of benzene rings is 2. The molecule has 1 amide bonds. The number of morpholine rings is 1. The van der Waals surface area contributed by atoms with Gasteiger partial charge in [-0.3, -0.25) is 14.4 Å². The number of nitrogens with zero attached hydrogens (tertiary/aromatic N) is 3. The summed E-state index contributed by atoms with van der Waals surface area (Å²) in [6, 6.07) is 13.0. The largest absolute Gasteiger partial charge is 0.492 e. The Kier molecular flexibility index (Phi) is 7.09. The van der Waals surface area contributed by atoms with Crippen LogP contribution in [0.5, 0.6) is 5.75 Å². The second kappa shape index (κ2) is 10.2. The number of anilines is 1. The summed E-state index contributed by atoms with van der Waals surface area (Å²) in [6.07, 6.45) is 1.60.